The van der Waals surface area contributed by atoms with Crippen molar-refractivity contribution in [1.82, 2.24) is 5.32 Å². The van der Waals surface area contributed by atoms with Gasteiger partial charge < -0.3 is 11.1 Å². The zero-order valence-electron chi connectivity index (χ0n) is 11.6. The number of hydrogen-bond donors (Lipinski definition) is 2. The van der Waals surface area contributed by atoms with Crippen molar-refractivity contribution < 1.29 is 0 Å². The first-order chi connectivity index (χ1) is 7.31. The Morgan fingerprint density at radius 2 is 1.69 bits per heavy atom. The molecule has 1 rings (SSSR count). The van der Waals surface area contributed by atoms with Gasteiger partial charge in [0.2, 0.25) is 0 Å². The highest BCUT2D eigenvalue weighted by Crippen LogP contribution is 2.38. The van der Waals surface area contributed by atoms with Crippen LogP contribution in [-0.4, -0.2) is 18.6 Å². The maximum atomic E-state index is 5.97. The van der Waals surface area contributed by atoms with E-state index in [1.165, 1.54) is 25.7 Å². The highest BCUT2D eigenvalue weighted by atomic mass is 14.9. The molecule has 0 spiro atoms. The molecular formula is C14H30N2. The minimum Gasteiger partial charge on any atom is -0.326 e. The van der Waals surface area contributed by atoms with Crippen LogP contribution in [0.25, 0.3) is 0 Å². The molecule has 2 heteroatoms. The third-order valence-corrected chi connectivity index (χ3v) is 3.99. The Labute approximate surface area is 101 Å². The summed E-state index contributed by atoms with van der Waals surface area (Å²) in [6.45, 7) is 11.2. The Balaban J connectivity index is 2.20. The number of hydrogen-bond acceptors (Lipinski definition) is 2. The van der Waals surface area contributed by atoms with Crippen LogP contribution in [0.3, 0.4) is 0 Å². The van der Waals surface area contributed by atoms with Gasteiger partial charge in [0.05, 0.1) is 0 Å². The first-order valence-electron chi connectivity index (χ1n) is 6.81. The first kappa shape index (κ1) is 14.0. The molecule has 0 aliphatic heterocycles. The number of nitrogens with one attached hydrogen (secondary N) is 1. The van der Waals surface area contributed by atoms with Crippen molar-refractivity contribution in [2.75, 3.05) is 13.1 Å². The predicted octanol–water partition coefficient (Wildman–Crippen LogP) is 2.92. The second-order valence-corrected chi connectivity index (χ2v) is 6.89. The molecule has 0 heterocycles. The second kappa shape index (κ2) is 5.50. The fraction of sp³-hybridized carbons (Fsp3) is 1.00. The van der Waals surface area contributed by atoms with Gasteiger partial charge in [0.1, 0.15) is 0 Å². The van der Waals surface area contributed by atoms with Crippen LogP contribution in [0.2, 0.25) is 0 Å². The maximum Gasteiger partial charge on any atom is 0.0109 e. The van der Waals surface area contributed by atoms with Crippen molar-refractivity contribution in [2.45, 2.75) is 65.3 Å². The predicted molar refractivity (Wildman–Crippen MR) is 71.5 cm³/mol. The lowest BCUT2D eigenvalue weighted by Crippen LogP contribution is -2.39. The minimum absolute atomic E-state index is 0.0372. The van der Waals surface area contributed by atoms with Crippen LogP contribution in [0.4, 0.5) is 0 Å². The molecule has 1 aliphatic carbocycles. The summed E-state index contributed by atoms with van der Waals surface area (Å²) in [6.07, 6.45) is 6.77. The van der Waals surface area contributed by atoms with Gasteiger partial charge >= 0.3 is 0 Å². The zero-order chi connectivity index (χ0) is 12.2. The van der Waals surface area contributed by atoms with Crippen LogP contribution in [-0.2, 0) is 0 Å². The molecule has 16 heavy (non-hydrogen) atoms. The van der Waals surface area contributed by atoms with E-state index >= 15 is 0 Å². The SMILES string of the molecule is CC(C)(N)CCNCC(C)(C)C1CCCC1. The largest absolute Gasteiger partial charge is 0.326 e. The van der Waals surface area contributed by atoms with Gasteiger partial charge in [-0.3, -0.25) is 0 Å². The molecule has 1 saturated carbocycles. The average molecular weight is 226 g/mol. The van der Waals surface area contributed by atoms with Gasteiger partial charge in [-0.2, -0.15) is 0 Å². The molecule has 0 unspecified atom stereocenters. The molecule has 0 aromatic heterocycles. The lowest BCUT2D eigenvalue weighted by atomic mass is 9.77. The van der Waals surface area contributed by atoms with E-state index in [2.05, 4.69) is 33.0 Å². The monoisotopic (exact) mass is 226 g/mol. The summed E-state index contributed by atoms with van der Waals surface area (Å²) in [5, 5.41) is 3.58. The van der Waals surface area contributed by atoms with E-state index in [-0.39, 0.29) is 5.54 Å². The normalized spacial score (nSPS) is 19.3. The van der Waals surface area contributed by atoms with E-state index in [4.69, 9.17) is 5.73 Å². The highest BCUT2D eigenvalue weighted by Gasteiger charge is 2.31. The van der Waals surface area contributed by atoms with Crippen molar-refractivity contribution in [3.63, 3.8) is 0 Å². The lowest BCUT2D eigenvalue weighted by molar-refractivity contribution is 0.206. The van der Waals surface area contributed by atoms with Gasteiger partial charge in [-0.15, -0.1) is 0 Å². The minimum atomic E-state index is -0.0372. The van der Waals surface area contributed by atoms with Crippen molar-refractivity contribution in [1.29, 1.82) is 0 Å². The standard InChI is InChI=1S/C14H30N2/c1-13(2,12-7-5-6-8-12)11-16-10-9-14(3,4)15/h12,16H,5-11,15H2,1-4H3. The van der Waals surface area contributed by atoms with Gasteiger partial charge in [-0.25, -0.2) is 0 Å². The summed E-state index contributed by atoms with van der Waals surface area (Å²) < 4.78 is 0. The van der Waals surface area contributed by atoms with Crippen molar-refractivity contribution in [3.8, 4) is 0 Å². The highest BCUT2D eigenvalue weighted by molar-refractivity contribution is 4.84. The molecule has 1 fully saturated rings. The molecule has 2 nitrogen and oxygen atoms in total. The van der Waals surface area contributed by atoms with Crippen LogP contribution in [0.5, 0.6) is 0 Å². The van der Waals surface area contributed by atoms with Crippen molar-refractivity contribution in [2.24, 2.45) is 17.1 Å². The number of rotatable bonds is 6. The molecule has 0 aromatic carbocycles. The van der Waals surface area contributed by atoms with E-state index in [9.17, 15) is 0 Å². The Morgan fingerprint density at radius 1 is 1.12 bits per heavy atom. The van der Waals surface area contributed by atoms with E-state index in [0.717, 1.165) is 25.4 Å². The quantitative estimate of drug-likeness (QED) is 0.683. The molecule has 3 N–H and O–H groups in total. The van der Waals surface area contributed by atoms with Gasteiger partial charge in [-0.05, 0) is 51.0 Å². The van der Waals surface area contributed by atoms with Gasteiger partial charge in [0, 0.05) is 12.1 Å². The third-order valence-electron chi connectivity index (χ3n) is 3.99. The summed E-state index contributed by atoms with van der Waals surface area (Å²) in [6, 6.07) is 0. The van der Waals surface area contributed by atoms with E-state index in [0.29, 0.717) is 5.41 Å². The Kier molecular flexibility index (Phi) is 4.81. The van der Waals surface area contributed by atoms with Crippen LogP contribution >= 0.6 is 0 Å². The fourth-order valence-electron chi connectivity index (χ4n) is 2.67. The molecular weight excluding hydrogens is 196 g/mol. The Morgan fingerprint density at radius 3 is 2.19 bits per heavy atom. The molecule has 0 saturated heterocycles. The van der Waals surface area contributed by atoms with Gasteiger partial charge in [-0.1, -0.05) is 26.7 Å². The molecule has 0 bridgehead atoms. The first-order valence-corrected chi connectivity index (χ1v) is 6.81. The summed E-state index contributed by atoms with van der Waals surface area (Å²) >= 11 is 0. The van der Waals surface area contributed by atoms with Crippen LogP contribution < -0.4 is 11.1 Å². The summed E-state index contributed by atoms with van der Waals surface area (Å²) in [7, 11) is 0. The smallest absolute Gasteiger partial charge is 0.0109 e. The average Bonchev–Trinajstić information content (AvgIpc) is 2.64. The van der Waals surface area contributed by atoms with E-state index in [1.807, 2.05) is 0 Å². The zero-order valence-corrected chi connectivity index (χ0v) is 11.6. The summed E-state index contributed by atoms with van der Waals surface area (Å²) in [5.41, 5.74) is 6.38. The molecule has 0 amide bonds. The molecule has 0 aromatic rings. The maximum absolute atomic E-state index is 5.97. The molecule has 96 valence electrons. The molecule has 1 aliphatic rings. The second-order valence-electron chi connectivity index (χ2n) is 6.89. The molecule has 0 radical (unpaired) electrons. The Bertz CT molecular complexity index is 197. The van der Waals surface area contributed by atoms with Gasteiger partial charge in [0.25, 0.3) is 0 Å². The molecule has 0 atom stereocenters. The summed E-state index contributed by atoms with van der Waals surface area (Å²) in [4.78, 5) is 0. The fourth-order valence-corrected chi connectivity index (χ4v) is 2.67. The topological polar surface area (TPSA) is 38.0 Å². The van der Waals surface area contributed by atoms with Crippen molar-refractivity contribution >= 4 is 0 Å². The van der Waals surface area contributed by atoms with Gasteiger partial charge in [0.15, 0.2) is 0 Å². The van der Waals surface area contributed by atoms with E-state index < -0.39 is 0 Å². The van der Waals surface area contributed by atoms with Crippen LogP contribution in [0, 0.1) is 11.3 Å². The van der Waals surface area contributed by atoms with Crippen molar-refractivity contribution in [3.05, 3.63) is 0 Å². The van der Waals surface area contributed by atoms with E-state index in [1.54, 1.807) is 0 Å². The third kappa shape index (κ3) is 4.84. The Hall–Kier alpha value is -0.0800. The lowest BCUT2D eigenvalue weighted by Gasteiger charge is -2.32. The number of nitrogens with two attached hydrogens (primary N) is 1. The van der Waals surface area contributed by atoms with Crippen LogP contribution in [0.15, 0.2) is 0 Å². The summed E-state index contributed by atoms with van der Waals surface area (Å²) in [5.74, 6) is 0.922. The van der Waals surface area contributed by atoms with Crippen LogP contribution in [0.1, 0.15) is 59.8 Å².